The number of ether oxygens (including phenoxy) is 1. The average molecular weight is 413 g/mol. The fraction of sp³-hybridized carbons (Fsp3) is 0.500. The maximum Gasteiger partial charge on any atom is 0.416 e. The monoisotopic (exact) mass is 413 g/mol. The summed E-state index contributed by atoms with van der Waals surface area (Å²) in [5, 5.41) is 2.20. The standard InChI is InChI=1S/C20H22F3NO5/c1-18(2,3)29-13(25)9-24-17(28)14-15(26)11-7-6-10(20(21,22)23)8-12(11)19(4,5)16(14)27/h6-8,14H,9H2,1-5H3,(H,24,28). The van der Waals surface area contributed by atoms with Gasteiger partial charge < -0.3 is 10.1 Å². The smallest absolute Gasteiger partial charge is 0.416 e. The van der Waals surface area contributed by atoms with Crippen LogP contribution in [0, 0.1) is 5.92 Å². The van der Waals surface area contributed by atoms with E-state index in [1.165, 1.54) is 13.8 Å². The first kappa shape index (κ1) is 22.6. The van der Waals surface area contributed by atoms with E-state index < -0.39 is 58.7 Å². The maximum atomic E-state index is 13.0. The molecule has 0 heterocycles. The molecule has 1 unspecified atom stereocenters. The molecule has 1 atom stereocenters. The predicted molar refractivity (Wildman–Crippen MR) is 96.2 cm³/mol. The highest BCUT2D eigenvalue weighted by Crippen LogP contribution is 2.40. The fourth-order valence-electron chi connectivity index (χ4n) is 3.10. The molecule has 1 aliphatic carbocycles. The van der Waals surface area contributed by atoms with Crippen molar-refractivity contribution in [2.45, 2.75) is 51.8 Å². The normalized spacial score (nSPS) is 18.8. The lowest BCUT2D eigenvalue weighted by atomic mass is 9.66. The Hall–Kier alpha value is -2.71. The SMILES string of the molecule is CC(C)(C)OC(=O)CNC(=O)C1C(=O)c2ccc(C(F)(F)F)cc2C(C)(C)C1=O. The van der Waals surface area contributed by atoms with Gasteiger partial charge in [-0.25, -0.2) is 0 Å². The Morgan fingerprint density at radius 3 is 2.24 bits per heavy atom. The van der Waals surface area contributed by atoms with Gasteiger partial charge in [0.25, 0.3) is 0 Å². The van der Waals surface area contributed by atoms with Gasteiger partial charge in [0.15, 0.2) is 17.5 Å². The number of halogens is 3. The Labute approximate surface area is 165 Å². The molecule has 1 aromatic carbocycles. The average Bonchev–Trinajstić information content (AvgIpc) is 2.56. The number of rotatable bonds is 3. The number of benzene rings is 1. The number of amides is 1. The zero-order chi connectivity index (χ0) is 22.4. The van der Waals surface area contributed by atoms with Crippen molar-refractivity contribution in [3.05, 3.63) is 34.9 Å². The Balaban J connectivity index is 2.31. The van der Waals surface area contributed by atoms with Crippen LogP contribution < -0.4 is 5.32 Å². The van der Waals surface area contributed by atoms with Gasteiger partial charge in [0.05, 0.1) is 11.0 Å². The molecule has 1 aliphatic rings. The highest BCUT2D eigenvalue weighted by atomic mass is 19.4. The predicted octanol–water partition coefficient (Wildman–Crippen LogP) is 2.82. The van der Waals surface area contributed by atoms with Crippen molar-refractivity contribution in [2.24, 2.45) is 5.92 Å². The molecule has 1 aromatic rings. The molecule has 158 valence electrons. The van der Waals surface area contributed by atoms with Crippen molar-refractivity contribution < 1.29 is 37.1 Å². The summed E-state index contributed by atoms with van der Waals surface area (Å²) in [6, 6.07) is 2.47. The van der Waals surface area contributed by atoms with Crippen LogP contribution in [-0.2, 0) is 30.7 Å². The highest BCUT2D eigenvalue weighted by Gasteiger charge is 2.50. The molecule has 29 heavy (non-hydrogen) atoms. The number of nitrogens with one attached hydrogen (secondary N) is 1. The van der Waals surface area contributed by atoms with E-state index in [1.807, 2.05) is 0 Å². The molecule has 0 radical (unpaired) electrons. The third kappa shape index (κ3) is 4.65. The van der Waals surface area contributed by atoms with Crippen LogP contribution in [0.15, 0.2) is 18.2 Å². The third-order valence-electron chi connectivity index (χ3n) is 4.52. The van der Waals surface area contributed by atoms with E-state index in [9.17, 15) is 32.3 Å². The first-order valence-corrected chi connectivity index (χ1v) is 8.85. The van der Waals surface area contributed by atoms with E-state index in [0.717, 1.165) is 18.2 Å². The van der Waals surface area contributed by atoms with Crippen molar-refractivity contribution in [3.8, 4) is 0 Å². The number of esters is 1. The van der Waals surface area contributed by atoms with Crippen LogP contribution in [-0.4, -0.2) is 35.6 Å². The summed E-state index contributed by atoms with van der Waals surface area (Å²) < 4.78 is 44.1. The second kappa shape index (κ2) is 7.27. The molecule has 6 nitrogen and oxygen atoms in total. The minimum atomic E-state index is -4.64. The summed E-state index contributed by atoms with van der Waals surface area (Å²) in [6.07, 6.45) is -4.64. The Kier molecular flexibility index (Phi) is 5.66. The van der Waals surface area contributed by atoms with Crippen LogP contribution in [0.5, 0.6) is 0 Å². The lowest BCUT2D eigenvalue weighted by Crippen LogP contribution is -2.51. The lowest BCUT2D eigenvalue weighted by molar-refractivity contribution is -0.155. The van der Waals surface area contributed by atoms with E-state index >= 15 is 0 Å². The van der Waals surface area contributed by atoms with Crippen molar-refractivity contribution in [2.75, 3.05) is 6.54 Å². The van der Waals surface area contributed by atoms with Crippen LogP contribution in [0.2, 0.25) is 0 Å². The first-order chi connectivity index (χ1) is 13.1. The molecular weight excluding hydrogens is 391 g/mol. The zero-order valence-corrected chi connectivity index (χ0v) is 16.7. The van der Waals surface area contributed by atoms with Gasteiger partial charge in [0.1, 0.15) is 12.1 Å². The Morgan fingerprint density at radius 2 is 1.72 bits per heavy atom. The highest BCUT2D eigenvalue weighted by molar-refractivity contribution is 6.28. The van der Waals surface area contributed by atoms with Crippen molar-refractivity contribution in [3.63, 3.8) is 0 Å². The summed E-state index contributed by atoms with van der Waals surface area (Å²) in [6.45, 7) is 7.07. The number of alkyl halides is 3. The summed E-state index contributed by atoms with van der Waals surface area (Å²) in [7, 11) is 0. The van der Waals surface area contributed by atoms with Crippen LogP contribution in [0.25, 0.3) is 0 Å². The number of carbonyl (C=O) groups is 4. The molecular formula is C20H22F3NO5. The van der Waals surface area contributed by atoms with E-state index in [4.69, 9.17) is 4.74 Å². The molecule has 1 amide bonds. The lowest BCUT2D eigenvalue weighted by Gasteiger charge is -2.34. The number of hydrogen-bond acceptors (Lipinski definition) is 5. The maximum absolute atomic E-state index is 13.0. The number of fused-ring (bicyclic) bond motifs is 1. The van der Waals surface area contributed by atoms with E-state index in [1.54, 1.807) is 20.8 Å². The Bertz CT molecular complexity index is 881. The van der Waals surface area contributed by atoms with Crippen LogP contribution >= 0.6 is 0 Å². The van der Waals surface area contributed by atoms with Crippen molar-refractivity contribution in [1.29, 1.82) is 0 Å². The molecule has 0 fully saturated rings. The van der Waals surface area contributed by atoms with Gasteiger partial charge in [-0.3, -0.25) is 19.2 Å². The van der Waals surface area contributed by atoms with Gasteiger partial charge in [0, 0.05) is 5.56 Å². The summed E-state index contributed by atoms with van der Waals surface area (Å²) in [4.78, 5) is 49.8. The second-order valence-electron chi connectivity index (χ2n) is 8.35. The number of hydrogen-bond donors (Lipinski definition) is 1. The first-order valence-electron chi connectivity index (χ1n) is 8.85. The third-order valence-corrected chi connectivity index (χ3v) is 4.52. The molecule has 0 bridgehead atoms. The van der Waals surface area contributed by atoms with Gasteiger partial charge in [-0.15, -0.1) is 0 Å². The van der Waals surface area contributed by atoms with Crippen LogP contribution in [0.4, 0.5) is 13.2 Å². The minimum Gasteiger partial charge on any atom is -0.459 e. The Morgan fingerprint density at radius 1 is 1.14 bits per heavy atom. The van der Waals surface area contributed by atoms with Crippen molar-refractivity contribution in [1.82, 2.24) is 5.32 Å². The molecule has 2 rings (SSSR count). The topological polar surface area (TPSA) is 89.5 Å². The molecule has 0 saturated heterocycles. The fourth-order valence-corrected chi connectivity index (χ4v) is 3.10. The number of carbonyl (C=O) groups excluding carboxylic acids is 4. The van der Waals surface area contributed by atoms with Gasteiger partial charge >= 0.3 is 12.1 Å². The minimum absolute atomic E-state index is 0.0847. The van der Waals surface area contributed by atoms with E-state index in [0.29, 0.717) is 0 Å². The quantitative estimate of drug-likeness (QED) is 0.608. The summed E-state index contributed by atoms with van der Waals surface area (Å²) in [5.74, 6) is -5.24. The van der Waals surface area contributed by atoms with Gasteiger partial charge in [-0.1, -0.05) is 6.07 Å². The summed E-state index contributed by atoms with van der Waals surface area (Å²) >= 11 is 0. The van der Waals surface area contributed by atoms with Crippen molar-refractivity contribution >= 4 is 23.4 Å². The molecule has 9 heteroatoms. The summed E-state index contributed by atoms with van der Waals surface area (Å²) in [5.41, 5.74) is -3.48. The van der Waals surface area contributed by atoms with Crippen LogP contribution in [0.3, 0.4) is 0 Å². The number of Topliss-reactive ketones (excluding diaryl/α,β-unsaturated/α-hetero) is 2. The zero-order valence-electron chi connectivity index (χ0n) is 16.7. The molecule has 0 saturated carbocycles. The van der Waals surface area contributed by atoms with Gasteiger partial charge in [-0.2, -0.15) is 13.2 Å². The van der Waals surface area contributed by atoms with E-state index in [-0.39, 0.29) is 11.1 Å². The van der Waals surface area contributed by atoms with Gasteiger partial charge in [0.2, 0.25) is 5.91 Å². The molecule has 0 spiro atoms. The van der Waals surface area contributed by atoms with Gasteiger partial charge in [-0.05, 0) is 52.3 Å². The molecule has 1 N–H and O–H groups in total. The second-order valence-corrected chi connectivity index (χ2v) is 8.35. The largest absolute Gasteiger partial charge is 0.459 e. The molecule has 0 aliphatic heterocycles. The number of ketones is 2. The van der Waals surface area contributed by atoms with Crippen LogP contribution in [0.1, 0.15) is 56.1 Å². The molecule has 0 aromatic heterocycles. The van der Waals surface area contributed by atoms with E-state index in [2.05, 4.69) is 5.32 Å².